The van der Waals surface area contributed by atoms with Gasteiger partial charge in [-0.25, -0.2) is 18.1 Å². The number of H-pyrrole nitrogens is 1. The van der Waals surface area contributed by atoms with Crippen LogP contribution in [0.25, 0.3) is 0 Å². The van der Waals surface area contributed by atoms with Gasteiger partial charge in [-0.2, -0.15) is 0 Å². The molecular formula is C13H16BrN3O2S. The minimum absolute atomic E-state index is 0.0910. The van der Waals surface area contributed by atoms with Crippen molar-refractivity contribution in [2.45, 2.75) is 31.3 Å². The van der Waals surface area contributed by atoms with Crippen LogP contribution in [0.1, 0.15) is 31.3 Å². The van der Waals surface area contributed by atoms with Crippen molar-refractivity contribution in [2.24, 2.45) is 0 Å². The first-order valence-corrected chi connectivity index (χ1v) is 8.52. The smallest absolute Gasteiger partial charge is 0.258 e. The van der Waals surface area contributed by atoms with Gasteiger partial charge in [-0.1, -0.05) is 41.1 Å². The lowest BCUT2D eigenvalue weighted by Crippen LogP contribution is -2.27. The highest BCUT2D eigenvalue weighted by Gasteiger charge is 2.21. The number of sulfonamides is 1. The first kappa shape index (κ1) is 15.2. The summed E-state index contributed by atoms with van der Waals surface area (Å²) < 4.78 is 28.0. The Morgan fingerprint density at radius 1 is 1.40 bits per heavy atom. The fourth-order valence-corrected chi connectivity index (χ4v) is 3.64. The highest BCUT2D eigenvalue weighted by molar-refractivity contribution is 9.10. The van der Waals surface area contributed by atoms with E-state index in [1.54, 1.807) is 6.92 Å². The van der Waals surface area contributed by atoms with E-state index in [0.717, 1.165) is 10.0 Å². The van der Waals surface area contributed by atoms with E-state index in [4.69, 9.17) is 0 Å². The van der Waals surface area contributed by atoms with Crippen LogP contribution < -0.4 is 4.72 Å². The van der Waals surface area contributed by atoms with Crippen LogP contribution in [0.4, 0.5) is 0 Å². The highest BCUT2D eigenvalue weighted by Crippen LogP contribution is 2.24. The summed E-state index contributed by atoms with van der Waals surface area (Å²) in [5, 5.41) is 0.0910. The molecule has 0 spiro atoms. The lowest BCUT2D eigenvalue weighted by molar-refractivity contribution is 0.563. The van der Waals surface area contributed by atoms with Gasteiger partial charge >= 0.3 is 0 Å². The molecule has 2 rings (SSSR count). The zero-order chi connectivity index (χ0) is 14.8. The number of benzene rings is 1. The van der Waals surface area contributed by atoms with E-state index in [2.05, 4.69) is 30.6 Å². The van der Waals surface area contributed by atoms with Crippen molar-refractivity contribution < 1.29 is 8.42 Å². The Hall–Kier alpha value is -1.18. The number of nitrogens with one attached hydrogen (secondary N) is 2. The van der Waals surface area contributed by atoms with Gasteiger partial charge in [0.15, 0.2) is 5.03 Å². The van der Waals surface area contributed by atoms with Crippen molar-refractivity contribution in [3.8, 4) is 0 Å². The number of rotatable bonds is 5. The lowest BCUT2D eigenvalue weighted by Gasteiger charge is -2.15. The van der Waals surface area contributed by atoms with Crippen LogP contribution in [0.5, 0.6) is 0 Å². The Bertz CT molecular complexity index is 697. The van der Waals surface area contributed by atoms with E-state index in [9.17, 15) is 8.42 Å². The Morgan fingerprint density at radius 2 is 2.10 bits per heavy atom. The molecule has 7 heteroatoms. The van der Waals surface area contributed by atoms with Crippen LogP contribution in [0.2, 0.25) is 0 Å². The van der Waals surface area contributed by atoms with Gasteiger partial charge in [0.05, 0.1) is 6.20 Å². The summed E-state index contributed by atoms with van der Waals surface area (Å²) >= 11 is 3.42. The molecule has 0 radical (unpaired) electrons. The maximum atomic E-state index is 12.3. The fraction of sp³-hybridized carbons (Fsp3) is 0.308. The van der Waals surface area contributed by atoms with Crippen molar-refractivity contribution in [2.75, 3.05) is 0 Å². The molecule has 1 atom stereocenters. The molecule has 2 aromatic rings. The third kappa shape index (κ3) is 3.28. The molecule has 1 unspecified atom stereocenters. The van der Waals surface area contributed by atoms with Gasteiger partial charge in [-0.3, -0.25) is 0 Å². The second-order valence-electron chi connectivity index (χ2n) is 4.41. The van der Waals surface area contributed by atoms with Gasteiger partial charge in [0.2, 0.25) is 0 Å². The van der Waals surface area contributed by atoms with Gasteiger partial charge < -0.3 is 4.98 Å². The summed E-state index contributed by atoms with van der Waals surface area (Å²) in [6, 6.07) is 7.17. The molecular weight excluding hydrogens is 342 g/mol. The standard InChI is InChI=1S/C13H16BrN3O2S/c1-3-12-15-8-13(16-12)20(18,19)17-9(2)10-6-4-5-7-11(10)14/h4-9,17H,3H2,1-2H3,(H,15,16). The number of aryl methyl sites for hydroxylation is 1. The third-order valence-electron chi connectivity index (χ3n) is 2.93. The summed E-state index contributed by atoms with van der Waals surface area (Å²) in [5.41, 5.74) is 0.881. The minimum Gasteiger partial charge on any atom is -0.332 e. The Balaban J connectivity index is 2.22. The van der Waals surface area contributed by atoms with Gasteiger partial charge in [-0.15, -0.1) is 0 Å². The minimum atomic E-state index is -3.60. The molecule has 0 aliphatic carbocycles. The van der Waals surface area contributed by atoms with Crippen molar-refractivity contribution in [3.63, 3.8) is 0 Å². The molecule has 1 heterocycles. The van der Waals surface area contributed by atoms with Gasteiger partial charge in [0.1, 0.15) is 5.82 Å². The highest BCUT2D eigenvalue weighted by atomic mass is 79.9. The number of nitrogens with zero attached hydrogens (tertiary/aromatic N) is 1. The third-order valence-corrected chi connectivity index (χ3v) is 5.11. The second kappa shape index (κ2) is 6.07. The van der Waals surface area contributed by atoms with E-state index in [0.29, 0.717) is 12.2 Å². The maximum absolute atomic E-state index is 12.3. The van der Waals surface area contributed by atoms with Crippen LogP contribution in [-0.4, -0.2) is 18.4 Å². The van der Waals surface area contributed by atoms with E-state index >= 15 is 0 Å². The average Bonchev–Trinajstić information content (AvgIpc) is 2.88. The summed E-state index contributed by atoms with van der Waals surface area (Å²) in [6.45, 7) is 3.71. The topological polar surface area (TPSA) is 74.8 Å². The van der Waals surface area contributed by atoms with Crippen LogP contribution in [0.3, 0.4) is 0 Å². The van der Waals surface area contributed by atoms with Crippen LogP contribution in [0, 0.1) is 0 Å². The molecule has 1 aromatic heterocycles. The monoisotopic (exact) mass is 357 g/mol. The zero-order valence-electron chi connectivity index (χ0n) is 11.2. The molecule has 108 valence electrons. The quantitative estimate of drug-likeness (QED) is 0.863. The fourth-order valence-electron chi connectivity index (χ4n) is 1.85. The zero-order valence-corrected chi connectivity index (χ0v) is 13.6. The summed E-state index contributed by atoms with van der Waals surface area (Å²) in [5.74, 6) is 0.652. The van der Waals surface area contributed by atoms with E-state index in [1.165, 1.54) is 6.20 Å². The van der Waals surface area contributed by atoms with Gasteiger partial charge in [0.25, 0.3) is 10.0 Å². The first-order valence-electron chi connectivity index (χ1n) is 6.24. The predicted octanol–water partition coefficient (Wildman–Crippen LogP) is 2.77. The number of hydrogen-bond donors (Lipinski definition) is 2. The SMILES string of the molecule is CCc1ncc(S(=O)(=O)NC(C)c2ccccc2Br)[nH]1. The molecule has 0 bridgehead atoms. The molecule has 0 amide bonds. The van der Waals surface area contributed by atoms with Crippen molar-refractivity contribution in [3.05, 3.63) is 46.3 Å². The number of halogens is 1. The Morgan fingerprint density at radius 3 is 2.70 bits per heavy atom. The molecule has 0 saturated carbocycles. The largest absolute Gasteiger partial charge is 0.332 e. The molecule has 0 aliphatic heterocycles. The van der Waals surface area contributed by atoms with E-state index < -0.39 is 10.0 Å². The Labute approximate surface area is 127 Å². The molecule has 2 N–H and O–H groups in total. The number of aromatic nitrogens is 2. The van der Waals surface area contributed by atoms with Crippen molar-refractivity contribution in [1.29, 1.82) is 0 Å². The van der Waals surface area contributed by atoms with E-state index in [1.807, 2.05) is 31.2 Å². The van der Waals surface area contributed by atoms with Crippen molar-refractivity contribution in [1.82, 2.24) is 14.7 Å². The first-order chi connectivity index (χ1) is 9.44. The molecule has 0 fully saturated rings. The van der Waals surface area contributed by atoms with Crippen LogP contribution in [-0.2, 0) is 16.4 Å². The Kier molecular flexibility index (Phi) is 4.62. The summed E-state index contributed by atoms with van der Waals surface area (Å²) in [7, 11) is -3.60. The summed E-state index contributed by atoms with van der Waals surface area (Å²) in [6.07, 6.45) is 2.00. The average molecular weight is 358 g/mol. The number of hydrogen-bond acceptors (Lipinski definition) is 3. The lowest BCUT2D eigenvalue weighted by atomic mass is 10.1. The second-order valence-corrected chi connectivity index (χ2v) is 6.95. The number of imidazole rings is 1. The number of aromatic amines is 1. The normalized spacial score (nSPS) is 13.3. The molecule has 20 heavy (non-hydrogen) atoms. The maximum Gasteiger partial charge on any atom is 0.258 e. The predicted molar refractivity (Wildman–Crippen MR) is 80.8 cm³/mol. The molecule has 0 saturated heterocycles. The van der Waals surface area contributed by atoms with Gasteiger partial charge in [0, 0.05) is 16.9 Å². The molecule has 5 nitrogen and oxygen atoms in total. The van der Waals surface area contributed by atoms with Crippen molar-refractivity contribution >= 4 is 26.0 Å². The molecule has 1 aromatic carbocycles. The summed E-state index contributed by atoms with van der Waals surface area (Å²) in [4.78, 5) is 6.82. The van der Waals surface area contributed by atoms with Crippen LogP contribution in [0.15, 0.2) is 40.0 Å². The van der Waals surface area contributed by atoms with Crippen LogP contribution >= 0.6 is 15.9 Å². The van der Waals surface area contributed by atoms with Gasteiger partial charge in [-0.05, 0) is 18.6 Å². The molecule has 0 aliphatic rings. The van der Waals surface area contributed by atoms with E-state index in [-0.39, 0.29) is 11.1 Å².